The number of halogens is 1. The molecule has 1 heterocycles. The van der Waals surface area contributed by atoms with Gasteiger partial charge in [0.15, 0.2) is 0 Å². The van der Waals surface area contributed by atoms with Gasteiger partial charge in [-0.25, -0.2) is 0 Å². The average molecular weight is 347 g/mol. The third-order valence-electron chi connectivity index (χ3n) is 3.99. The molecule has 1 saturated heterocycles. The Morgan fingerprint density at radius 3 is 2.33 bits per heavy atom. The number of ether oxygens (including phenoxy) is 2. The van der Waals surface area contributed by atoms with Gasteiger partial charge in [0.05, 0.1) is 6.10 Å². The first kappa shape index (κ1) is 14.6. The Hall–Kier alpha value is -1.32. The van der Waals surface area contributed by atoms with Crippen molar-refractivity contribution in [1.29, 1.82) is 0 Å². The van der Waals surface area contributed by atoms with E-state index in [9.17, 15) is 0 Å². The van der Waals surface area contributed by atoms with E-state index in [0.717, 1.165) is 24.5 Å². The lowest BCUT2D eigenvalue weighted by Crippen LogP contribution is -2.16. The molecule has 1 aliphatic rings. The molecule has 3 heteroatoms. The lowest BCUT2D eigenvalue weighted by atomic mass is 9.94. The van der Waals surface area contributed by atoms with Crippen molar-refractivity contribution < 1.29 is 9.47 Å². The molecule has 0 saturated carbocycles. The number of benzene rings is 2. The number of para-hydroxylation sites is 1. The predicted molar refractivity (Wildman–Crippen MR) is 88.1 cm³/mol. The Morgan fingerprint density at radius 2 is 1.71 bits per heavy atom. The highest BCUT2D eigenvalue weighted by atomic mass is 79.9. The molecule has 2 aromatic rings. The van der Waals surface area contributed by atoms with Crippen LogP contribution in [0, 0.1) is 5.92 Å². The molecule has 110 valence electrons. The first-order chi connectivity index (χ1) is 10.2. The van der Waals surface area contributed by atoms with Crippen molar-refractivity contribution in [3.05, 3.63) is 60.2 Å². The van der Waals surface area contributed by atoms with Crippen LogP contribution in [0.1, 0.15) is 23.7 Å². The van der Waals surface area contributed by atoms with E-state index < -0.39 is 0 Å². The van der Waals surface area contributed by atoms with Gasteiger partial charge < -0.3 is 9.47 Å². The molecule has 21 heavy (non-hydrogen) atoms. The van der Waals surface area contributed by atoms with Gasteiger partial charge in [-0.2, -0.15) is 0 Å². The fraction of sp³-hybridized carbons (Fsp3) is 0.333. The zero-order valence-electron chi connectivity index (χ0n) is 12.0. The van der Waals surface area contributed by atoms with E-state index in [0.29, 0.717) is 16.8 Å². The van der Waals surface area contributed by atoms with Gasteiger partial charge >= 0.3 is 0 Å². The summed E-state index contributed by atoms with van der Waals surface area (Å²) in [4.78, 5) is 0.334. The van der Waals surface area contributed by atoms with Gasteiger partial charge in [-0.15, -0.1) is 0 Å². The van der Waals surface area contributed by atoms with Gasteiger partial charge in [-0.05, 0) is 43.2 Å². The van der Waals surface area contributed by atoms with Crippen LogP contribution in [-0.4, -0.2) is 12.7 Å². The normalized spacial score (nSPS) is 23.0. The average Bonchev–Trinajstić information content (AvgIpc) is 2.94. The summed E-state index contributed by atoms with van der Waals surface area (Å²) in [6, 6.07) is 18.1. The van der Waals surface area contributed by atoms with Crippen LogP contribution < -0.4 is 4.74 Å². The Bertz CT molecular complexity index is 568. The van der Waals surface area contributed by atoms with Crippen LogP contribution in [0.5, 0.6) is 11.5 Å². The Labute approximate surface area is 134 Å². The maximum atomic E-state index is 5.82. The third kappa shape index (κ3) is 3.47. The van der Waals surface area contributed by atoms with Crippen molar-refractivity contribution >= 4 is 15.9 Å². The van der Waals surface area contributed by atoms with Crippen molar-refractivity contribution in [1.82, 2.24) is 0 Å². The highest BCUT2D eigenvalue weighted by molar-refractivity contribution is 9.09. The van der Waals surface area contributed by atoms with Crippen molar-refractivity contribution in [3.8, 4) is 11.5 Å². The van der Waals surface area contributed by atoms with Gasteiger partial charge in [0.1, 0.15) is 11.5 Å². The minimum atomic E-state index is 0.314. The van der Waals surface area contributed by atoms with Crippen LogP contribution in [0.2, 0.25) is 0 Å². The van der Waals surface area contributed by atoms with E-state index in [1.165, 1.54) is 5.56 Å². The summed E-state index contributed by atoms with van der Waals surface area (Å²) in [5.41, 5.74) is 1.28. The van der Waals surface area contributed by atoms with Gasteiger partial charge in [0.2, 0.25) is 0 Å². The van der Waals surface area contributed by atoms with Crippen LogP contribution in [-0.2, 0) is 4.74 Å². The summed E-state index contributed by atoms with van der Waals surface area (Å²) in [6.07, 6.45) is 1.42. The molecule has 0 aliphatic carbocycles. The van der Waals surface area contributed by atoms with Crippen molar-refractivity contribution in [2.45, 2.75) is 24.3 Å². The lowest BCUT2D eigenvalue weighted by molar-refractivity contribution is 0.105. The van der Waals surface area contributed by atoms with E-state index in [4.69, 9.17) is 9.47 Å². The van der Waals surface area contributed by atoms with E-state index in [-0.39, 0.29) is 0 Å². The Balaban J connectivity index is 1.69. The maximum absolute atomic E-state index is 5.82. The number of alkyl halides is 1. The van der Waals surface area contributed by atoms with E-state index in [2.05, 4.69) is 35.0 Å². The van der Waals surface area contributed by atoms with Crippen molar-refractivity contribution in [2.24, 2.45) is 5.92 Å². The van der Waals surface area contributed by atoms with Crippen LogP contribution in [0.4, 0.5) is 0 Å². The molecule has 0 aromatic heterocycles. The van der Waals surface area contributed by atoms with Crippen LogP contribution in [0.3, 0.4) is 0 Å². The SMILES string of the molecule is CC1OCCC1C(Br)c1ccc(Oc2ccccc2)cc1. The minimum absolute atomic E-state index is 0.314. The Kier molecular flexibility index (Phi) is 4.61. The summed E-state index contributed by atoms with van der Waals surface area (Å²) in [6.45, 7) is 3.02. The topological polar surface area (TPSA) is 18.5 Å². The van der Waals surface area contributed by atoms with Crippen LogP contribution in [0.25, 0.3) is 0 Å². The fourth-order valence-electron chi connectivity index (χ4n) is 2.72. The molecule has 0 radical (unpaired) electrons. The van der Waals surface area contributed by atoms with Crippen LogP contribution >= 0.6 is 15.9 Å². The molecule has 3 unspecified atom stereocenters. The number of hydrogen-bond acceptors (Lipinski definition) is 2. The highest BCUT2D eigenvalue weighted by Gasteiger charge is 2.31. The molecule has 1 fully saturated rings. The molecular weight excluding hydrogens is 328 g/mol. The van der Waals surface area contributed by atoms with Gasteiger partial charge in [-0.3, -0.25) is 0 Å². The first-order valence-electron chi connectivity index (χ1n) is 7.32. The summed E-state index contributed by atoms with van der Waals surface area (Å²) in [7, 11) is 0. The zero-order valence-corrected chi connectivity index (χ0v) is 13.6. The zero-order chi connectivity index (χ0) is 14.7. The largest absolute Gasteiger partial charge is 0.457 e. The quantitative estimate of drug-likeness (QED) is 0.695. The van der Waals surface area contributed by atoms with Gasteiger partial charge in [-0.1, -0.05) is 46.3 Å². The second-order valence-electron chi connectivity index (χ2n) is 5.41. The van der Waals surface area contributed by atoms with Crippen LogP contribution in [0.15, 0.2) is 54.6 Å². The molecule has 0 spiro atoms. The second kappa shape index (κ2) is 6.63. The maximum Gasteiger partial charge on any atom is 0.127 e. The third-order valence-corrected chi connectivity index (χ3v) is 5.20. The molecule has 0 bridgehead atoms. The molecule has 2 nitrogen and oxygen atoms in total. The highest BCUT2D eigenvalue weighted by Crippen LogP contribution is 2.39. The molecule has 2 aromatic carbocycles. The molecule has 1 aliphatic heterocycles. The van der Waals surface area contributed by atoms with E-state index in [1.807, 2.05) is 42.5 Å². The summed E-state index contributed by atoms with van der Waals surface area (Å²) >= 11 is 3.82. The molecular formula is C18H19BrO2. The predicted octanol–water partition coefficient (Wildman–Crippen LogP) is 5.34. The smallest absolute Gasteiger partial charge is 0.127 e. The molecule has 0 N–H and O–H groups in total. The standard InChI is InChI=1S/C18H19BrO2/c1-13-17(11-12-20-13)18(19)14-7-9-16(10-8-14)21-15-5-3-2-4-6-15/h2-10,13,17-18H,11-12H2,1H3. The monoisotopic (exact) mass is 346 g/mol. The van der Waals surface area contributed by atoms with Crippen molar-refractivity contribution in [3.63, 3.8) is 0 Å². The summed E-state index contributed by atoms with van der Waals surface area (Å²) in [5, 5.41) is 0. The first-order valence-corrected chi connectivity index (χ1v) is 8.24. The lowest BCUT2D eigenvalue weighted by Gasteiger charge is -2.21. The number of rotatable bonds is 4. The minimum Gasteiger partial charge on any atom is -0.457 e. The van der Waals surface area contributed by atoms with E-state index in [1.54, 1.807) is 0 Å². The fourth-order valence-corrected chi connectivity index (χ4v) is 3.72. The number of hydrogen-bond donors (Lipinski definition) is 0. The second-order valence-corrected chi connectivity index (χ2v) is 6.40. The summed E-state index contributed by atoms with van der Waals surface area (Å²) < 4.78 is 11.5. The molecule has 3 rings (SSSR count). The van der Waals surface area contributed by atoms with E-state index >= 15 is 0 Å². The van der Waals surface area contributed by atoms with Gasteiger partial charge in [0.25, 0.3) is 0 Å². The Morgan fingerprint density at radius 1 is 1.05 bits per heavy atom. The molecule has 3 atom stereocenters. The summed E-state index contributed by atoms with van der Waals surface area (Å²) in [5.74, 6) is 2.25. The van der Waals surface area contributed by atoms with Gasteiger partial charge in [0, 0.05) is 17.4 Å². The molecule has 0 amide bonds. The van der Waals surface area contributed by atoms with Crippen molar-refractivity contribution in [2.75, 3.05) is 6.61 Å².